The van der Waals surface area contributed by atoms with E-state index in [1.807, 2.05) is 44.2 Å². The monoisotopic (exact) mass is 513 g/mol. The van der Waals surface area contributed by atoms with Crippen molar-refractivity contribution in [3.05, 3.63) is 84.3 Å². The van der Waals surface area contributed by atoms with E-state index in [9.17, 15) is 13.2 Å². The lowest BCUT2D eigenvalue weighted by atomic mass is 10.1. The maximum atomic E-state index is 12.5. The zero-order valence-corrected chi connectivity index (χ0v) is 20.9. The molecule has 0 bridgehead atoms. The number of hydrogen-bond donors (Lipinski definition) is 3. The number of nitrogens with zero attached hydrogens (tertiary/aromatic N) is 4. The van der Waals surface area contributed by atoms with Gasteiger partial charge in [0.25, 0.3) is 0 Å². The minimum absolute atomic E-state index is 0.0921. The van der Waals surface area contributed by atoms with Gasteiger partial charge in [-0.2, -0.15) is 5.10 Å². The fourth-order valence-electron chi connectivity index (χ4n) is 3.75. The average Bonchev–Trinajstić information content (AvgIpc) is 3.38. The highest BCUT2D eigenvalue weighted by atomic mass is 32.2. The maximum Gasteiger partial charge on any atom is 0.241 e. The molecule has 0 saturated carbocycles. The van der Waals surface area contributed by atoms with Crippen LogP contribution in [0, 0.1) is 13.8 Å². The second kappa shape index (κ2) is 9.88. The lowest BCUT2D eigenvalue weighted by Crippen LogP contribution is -2.32. The number of amides is 1. The lowest BCUT2D eigenvalue weighted by Gasteiger charge is -2.09. The topological polar surface area (TPSA) is 143 Å². The number of fused-ring (bicyclic) bond motifs is 1. The van der Waals surface area contributed by atoms with Gasteiger partial charge in [-0.25, -0.2) is 18.1 Å². The van der Waals surface area contributed by atoms with Gasteiger partial charge in [-0.3, -0.25) is 19.9 Å². The van der Waals surface area contributed by atoms with Crippen molar-refractivity contribution in [1.29, 1.82) is 0 Å². The summed E-state index contributed by atoms with van der Waals surface area (Å²) in [7, 11) is -3.81. The molecule has 0 aliphatic heterocycles. The highest BCUT2D eigenvalue weighted by molar-refractivity contribution is 7.89. The molecular weight excluding hydrogens is 490 g/mol. The Morgan fingerprint density at radius 3 is 2.54 bits per heavy atom. The predicted octanol–water partition coefficient (Wildman–Crippen LogP) is 3.62. The number of hydrogen-bond acceptors (Lipinski definition) is 7. The Morgan fingerprint density at radius 2 is 1.76 bits per heavy atom. The van der Waals surface area contributed by atoms with Crippen LogP contribution < -0.4 is 10.0 Å². The summed E-state index contributed by atoms with van der Waals surface area (Å²) < 4.78 is 27.2. The Balaban J connectivity index is 1.33. The van der Waals surface area contributed by atoms with Gasteiger partial charge in [0, 0.05) is 17.5 Å². The quantitative estimate of drug-likeness (QED) is 0.302. The van der Waals surface area contributed by atoms with Crippen LogP contribution in [0.1, 0.15) is 11.3 Å². The van der Waals surface area contributed by atoms with Crippen LogP contribution in [0.4, 0.5) is 5.69 Å². The molecule has 11 heteroatoms. The maximum absolute atomic E-state index is 12.5. The van der Waals surface area contributed by atoms with Crippen LogP contribution in [0.15, 0.2) is 78.0 Å². The van der Waals surface area contributed by atoms with Gasteiger partial charge in [0.1, 0.15) is 5.69 Å². The van der Waals surface area contributed by atoms with Crippen molar-refractivity contribution in [3.63, 3.8) is 0 Å². The van der Waals surface area contributed by atoms with E-state index < -0.39 is 22.5 Å². The molecule has 4 heterocycles. The fourth-order valence-corrected chi connectivity index (χ4v) is 4.73. The van der Waals surface area contributed by atoms with E-state index in [1.54, 1.807) is 24.4 Å². The first kappa shape index (κ1) is 24.2. The molecule has 186 valence electrons. The Hall–Kier alpha value is -4.48. The molecule has 0 aliphatic carbocycles. The second-order valence-electron chi connectivity index (χ2n) is 8.46. The van der Waals surface area contributed by atoms with Gasteiger partial charge in [0.2, 0.25) is 15.9 Å². The molecule has 0 radical (unpaired) electrons. The summed E-state index contributed by atoms with van der Waals surface area (Å²) in [6, 6.07) is 17.5. The SMILES string of the molecule is Cc1ccc(S(=O)(=O)NCC(=O)Nc2cnc3ccc(-c4c[nH]nc4-c4cccc(C)n4)nc3c2)cc1. The van der Waals surface area contributed by atoms with Gasteiger partial charge in [-0.05, 0) is 56.3 Å². The molecule has 0 atom stereocenters. The van der Waals surface area contributed by atoms with Crippen LogP contribution in [0.5, 0.6) is 0 Å². The number of benzene rings is 1. The first-order valence-electron chi connectivity index (χ1n) is 11.4. The minimum Gasteiger partial charge on any atom is -0.324 e. The van der Waals surface area contributed by atoms with Crippen LogP contribution in [-0.4, -0.2) is 46.0 Å². The molecule has 0 unspecified atom stereocenters. The molecule has 5 rings (SSSR count). The van der Waals surface area contributed by atoms with Crippen LogP contribution in [-0.2, 0) is 14.8 Å². The molecule has 37 heavy (non-hydrogen) atoms. The van der Waals surface area contributed by atoms with E-state index in [4.69, 9.17) is 4.98 Å². The number of H-pyrrole nitrogens is 1. The molecular formula is C26H23N7O3S. The molecule has 0 spiro atoms. The van der Waals surface area contributed by atoms with Gasteiger partial charge < -0.3 is 5.32 Å². The van der Waals surface area contributed by atoms with Crippen LogP contribution in [0.3, 0.4) is 0 Å². The zero-order valence-electron chi connectivity index (χ0n) is 20.1. The highest BCUT2D eigenvalue weighted by Gasteiger charge is 2.16. The van der Waals surface area contributed by atoms with E-state index in [0.29, 0.717) is 28.1 Å². The summed E-state index contributed by atoms with van der Waals surface area (Å²) in [5.41, 5.74) is 6.25. The van der Waals surface area contributed by atoms with Crippen molar-refractivity contribution in [1.82, 2.24) is 29.9 Å². The number of nitrogens with one attached hydrogen (secondary N) is 3. The minimum atomic E-state index is -3.81. The van der Waals surface area contributed by atoms with Gasteiger partial charge in [-0.15, -0.1) is 0 Å². The third-order valence-corrected chi connectivity index (χ3v) is 7.04. The largest absolute Gasteiger partial charge is 0.324 e. The third kappa shape index (κ3) is 5.37. The van der Waals surface area contributed by atoms with E-state index >= 15 is 0 Å². The first-order chi connectivity index (χ1) is 17.8. The number of carbonyl (C=O) groups excluding carboxylic acids is 1. The van der Waals surface area contributed by atoms with Gasteiger partial charge in [0.15, 0.2) is 0 Å². The van der Waals surface area contributed by atoms with Crippen molar-refractivity contribution in [2.24, 2.45) is 0 Å². The molecule has 0 aliphatic rings. The normalized spacial score (nSPS) is 11.5. The number of anilines is 1. The Kier molecular flexibility index (Phi) is 6.47. The number of aromatic nitrogens is 5. The van der Waals surface area contributed by atoms with Crippen molar-refractivity contribution in [2.45, 2.75) is 18.7 Å². The molecule has 1 amide bonds. The van der Waals surface area contributed by atoms with Gasteiger partial charge >= 0.3 is 0 Å². The van der Waals surface area contributed by atoms with E-state index in [-0.39, 0.29) is 4.90 Å². The number of aromatic amines is 1. The molecule has 3 N–H and O–H groups in total. The summed E-state index contributed by atoms with van der Waals surface area (Å²) in [6.07, 6.45) is 3.25. The molecule has 0 saturated heterocycles. The predicted molar refractivity (Wildman–Crippen MR) is 140 cm³/mol. The van der Waals surface area contributed by atoms with Crippen molar-refractivity contribution in [3.8, 4) is 22.6 Å². The summed E-state index contributed by atoms with van der Waals surface area (Å²) in [4.78, 5) is 26.2. The zero-order chi connectivity index (χ0) is 26.0. The highest BCUT2D eigenvalue weighted by Crippen LogP contribution is 2.29. The van der Waals surface area contributed by atoms with Crippen molar-refractivity contribution >= 4 is 32.7 Å². The summed E-state index contributed by atoms with van der Waals surface area (Å²) in [6.45, 7) is 3.35. The number of sulfonamides is 1. The molecule has 1 aromatic carbocycles. The molecule has 0 fully saturated rings. The van der Waals surface area contributed by atoms with E-state index in [1.165, 1.54) is 18.3 Å². The lowest BCUT2D eigenvalue weighted by molar-refractivity contribution is -0.115. The van der Waals surface area contributed by atoms with E-state index in [0.717, 1.165) is 22.5 Å². The number of aryl methyl sites for hydroxylation is 2. The van der Waals surface area contributed by atoms with Gasteiger partial charge in [-0.1, -0.05) is 23.8 Å². The van der Waals surface area contributed by atoms with Gasteiger partial charge in [0.05, 0.1) is 45.7 Å². The summed E-state index contributed by atoms with van der Waals surface area (Å²) >= 11 is 0. The standard InChI is InChI=1S/C26H23N7O3S/c1-16-6-8-19(9-7-16)37(35,36)29-15-25(34)31-18-12-24-22(27-13-18)11-10-21(32-24)20-14-28-33-26(20)23-5-3-4-17(2)30-23/h3-14,29H,15H2,1-2H3,(H,28,33)(H,31,34). The number of carbonyl (C=O) groups is 1. The van der Waals surface area contributed by atoms with E-state index in [2.05, 4.69) is 30.2 Å². The smallest absolute Gasteiger partial charge is 0.241 e. The average molecular weight is 514 g/mol. The Bertz CT molecular complexity index is 1710. The summed E-state index contributed by atoms with van der Waals surface area (Å²) in [5, 5.41) is 9.90. The summed E-state index contributed by atoms with van der Waals surface area (Å²) in [5.74, 6) is -0.532. The molecule has 10 nitrogen and oxygen atoms in total. The fraction of sp³-hybridized carbons (Fsp3) is 0.115. The molecule has 5 aromatic rings. The van der Waals surface area contributed by atoms with Crippen molar-refractivity contribution in [2.75, 3.05) is 11.9 Å². The Morgan fingerprint density at radius 1 is 0.946 bits per heavy atom. The third-order valence-electron chi connectivity index (χ3n) is 5.62. The number of rotatable bonds is 7. The van der Waals surface area contributed by atoms with Crippen LogP contribution >= 0.6 is 0 Å². The second-order valence-corrected chi connectivity index (χ2v) is 10.2. The van der Waals surface area contributed by atoms with Crippen LogP contribution in [0.25, 0.3) is 33.7 Å². The molecule has 4 aromatic heterocycles. The van der Waals surface area contributed by atoms with Crippen LogP contribution in [0.2, 0.25) is 0 Å². The van der Waals surface area contributed by atoms with Crippen molar-refractivity contribution < 1.29 is 13.2 Å². The Labute approximate surface area is 213 Å². The first-order valence-corrected chi connectivity index (χ1v) is 12.9. The number of pyridine rings is 3.